The Morgan fingerprint density at radius 1 is 1.03 bits per heavy atom. The van der Waals surface area contributed by atoms with Gasteiger partial charge in [0.05, 0.1) is 18.4 Å². The Bertz CT molecular complexity index is 982. The molecule has 1 N–H and O–H groups in total. The van der Waals surface area contributed by atoms with Crippen LogP contribution in [0.2, 0.25) is 0 Å². The predicted molar refractivity (Wildman–Crippen MR) is 115 cm³/mol. The summed E-state index contributed by atoms with van der Waals surface area (Å²) in [6, 6.07) is 11.4. The molecule has 156 valence electrons. The highest BCUT2D eigenvalue weighted by molar-refractivity contribution is 7.98. The van der Waals surface area contributed by atoms with E-state index in [-0.39, 0.29) is 5.91 Å². The van der Waals surface area contributed by atoms with Crippen LogP contribution >= 0.6 is 11.8 Å². The van der Waals surface area contributed by atoms with Gasteiger partial charge in [-0.15, -0.1) is 11.8 Å². The van der Waals surface area contributed by atoms with Crippen LogP contribution in [0.3, 0.4) is 0 Å². The molecule has 0 heterocycles. The molecule has 0 aliphatic rings. The molecule has 1 amide bonds. The molecule has 7 nitrogen and oxygen atoms in total. The number of ketones is 1. The highest BCUT2D eigenvalue weighted by atomic mass is 32.2. The normalized spacial score (nSPS) is 10.5. The molecule has 8 heteroatoms. The quantitative estimate of drug-likeness (QED) is 0.297. The number of carbonyl (C=O) groups is 4. The number of benzene rings is 2. The van der Waals surface area contributed by atoms with Gasteiger partial charge >= 0.3 is 11.9 Å². The Morgan fingerprint density at radius 2 is 1.70 bits per heavy atom. The van der Waals surface area contributed by atoms with Gasteiger partial charge in [0.1, 0.15) is 0 Å². The van der Waals surface area contributed by atoms with E-state index in [2.05, 4.69) is 10.1 Å². The Morgan fingerprint density at radius 3 is 2.30 bits per heavy atom. The molecule has 2 rings (SSSR count). The van der Waals surface area contributed by atoms with Gasteiger partial charge in [0, 0.05) is 23.5 Å². The first kappa shape index (κ1) is 22.9. The molecule has 30 heavy (non-hydrogen) atoms. The number of anilines is 1. The molecular formula is C22H21NO6S. The van der Waals surface area contributed by atoms with Crippen molar-refractivity contribution in [1.29, 1.82) is 0 Å². The van der Waals surface area contributed by atoms with Gasteiger partial charge in [-0.25, -0.2) is 9.59 Å². The molecule has 0 atom stereocenters. The Hall–Kier alpha value is -3.39. The van der Waals surface area contributed by atoms with Crippen molar-refractivity contribution >= 4 is 47.2 Å². The maximum Gasteiger partial charge on any atom is 0.337 e. The molecule has 2 aromatic carbocycles. The molecule has 0 aromatic heterocycles. The van der Waals surface area contributed by atoms with Crippen LogP contribution in [0.15, 0.2) is 53.4 Å². The highest BCUT2D eigenvalue weighted by Gasteiger charge is 2.12. The van der Waals surface area contributed by atoms with E-state index in [1.807, 2.05) is 6.26 Å². The van der Waals surface area contributed by atoms with Gasteiger partial charge in [-0.3, -0.25) is 9.59 Å². The van der Waals surface area contributed by atoms with Crippen molar-refractivity contribution in [2.75, 3.05) is 25.3 Å². The number of hydrogen-bond acceptors (Lipinski definition) is 7. The SMILES string of the molecule is COC(=O)c1ccc(/C=C/C(=O)OCC(=O)c2ccc(SC)c(NC(C)=O)c2)cc1. The first-order valence-electron chi connectivity index (χ1n) is 8.86. The topological polar surface area (TPSA) is 98.8 Å². The minimum atomic E-state index is -0.678. The fourth-order valence-electron chi connectivity index (χ4n) is 2.45. The third kappa shape index (κ3) is 6.59. The molecule has 0 aliphatic heterocycles. The van der Waals surface area contributed by atoms with Gasteiger partial charge in [0.2, 0.25) is 5.91 Å². The van der Waals surface area contributed by atoms with Crippen molar-refractivity contribution in [3.63, 3.8) is 0 Å². The monoisotopic (exact) mass is 427 g/mol. The standard InChI is InChI=1S/C22H21NO6S/c1-14(24)23-18-12-17(9-10-20(18)30-3)19(25)13-29-21(26)11-6-15-4-7-16(8-5-15)22(27)28-2/h4-12H,13H2,1-3H3,(H,23,24)/b11-6+. The van der Waals surface area contributed by atoms with Crippen molar-refractivity contribution in [3.05, 3.63) is 65.2 Å². The number of thioether (sulfide) groups is 1. The second-order valence-electron chi connectivity index (χ2n) is 6.07. The lowest BCUT2D eigenvalue weighted by molar-refractivity contribution is -0.136. The van der Waals surface area contributed by atoms with E-state index in [0.29, 0.717) is 22.4 Å². The number of hydrogen-bond donors (Lipinski definition) is 1. The fourth-order valence-corrected chi connectivity index (χ4v) is 2.98. The molecule has 0 spiro atoms. The predicted octanol–water partition coefficient (Wildman–Crippen LogP) is 3.59. The first-order valence-corrected chi connectivity index (χ1v) is 10.1. The third-order valence-corrected chi connectivity index (χ3v) is 4.72. The van der Waals surface area contributed by atoms with Crippen LogP contribution < -0.4 is 5.32 Å². The molecule has 0 saturated heterocycles. The lowest BCUT2D eigenvalue weighted by atomic mass is 10.1. The Kier molecular flexibility index (Phi) is 8.37. The van der Waals surface area contributed by atoms with E-state index in [0.717, 1.165) is 4.90 Å². The summed E-state index contributed by atoms with van der Waals surface area (Å²) in [5, 5.41) is 2.68. The molecule has 0 radical (unpaired) electrons. The highest BCUT2D eigenvalue weighted by Crippen LogP contribution is 2.26. The summed E-state index contributed by atoms with van der Waals surface area (Å²) >= 11 is 1.44. The summed E-state index contributed by atoms with van der Waals surface area (Å²) < 4.78 is 9.61. The Labute approximate surface area is 178 Å². The maximum absolute atomic E-state index is 12.3. The number of Topliss-reactive ketones (excluding diaryl/α,β-unsaturated/α-hetero) is 1. The zero-order valence-corrected chi connectivity index (χ0v) is 17.6. The number of esters is 2. The molecule has 2 aromatic rings. The van der Waals surface area contributed by atoms with Crippen molar-refractivity contribution in [2.45, 2.75) is 11.8 Å². The van der Waals surface area contributed by atoms with Crippen LogP contribution in [-0.4, -0.2) is 43.6 Å². The molecule has 0 fully saturated rings. The number of ether oxygens (including phenoxy) is 2. The van der Waals surface area contributed by atoms with Crippen LogP contribution in [0.5, 0.6) is 0 Å². The van der Waals surface area contributed by atoms with Crippen LogP contribution in [0.4, 0.5) is 5.69 Å². The summed E-state index contributed by atoms with van der Waals surface area (Å²) in [5.41, 5.74) is 1.93. The van der Waals surface area contributed by atoms with E-state index in [4.69, 9.17) is 4.74 Å². The summed E-state index contributed by atoms with van der Waals surface area (Å²) in [6.07, 6.45) is 4.56. The van der Waals surface area contributed by atoms with E-state index >= 15 is 0 Å². The van der Waals surface area contributed by atoms with E-state index in [1.54, 1.807) is 42.5 Å². The lowest BCUT2D eigenvalue weighted by Gasteiger charge is -2.10. The number of rotatable bonds is 8. The number of amides is 1. The average molecular weight is 427 g/mol. The third-order valence-electron chi connectivity index (χ3n) is 3.92. The van der Waals surface area contributed by atoms with Gasteiger partial charge in [-0.05, 0) is 42.2 Å². The van der Waals surface area contributed by atoms with Crippen LogP contribution in [0.1, 0.15) is 33.2 Å². The summed E-state index contributed by atoms with van der Waals surface area (Å²) in [6.45, 7) is 0.957. The summed E-state index contributed by atoms with van der Waals surface area (Å²) in [7, 11) is 1.30. The number of nitrogens with one attached hydrogen (secondary N) is 1. The fraction of sp³-hybridized carbons (Fsp3) is 0.182. The van der Waals surface area contributed by atoms with Gasteiger partial charge in [-0.1, -0.05) is 18.2 Å². The van der Waals surface area contributed by atoms with Crippen molar-refractivity contribution in [2.24, 2.45) is 0 Å². The minimum Gasteiger partial charge on any atom is -0.465 e. The zero-order chi connectivity index (χ0) is 22.1. The van der Waals surface area contributed by atoms with Gasteiger partial charge in [0.25, 0.3) is 0 Å². The summed E-state index contributed by atoms with van der Waals surface area (Å²) in [4.78, 5) is 47.8. The molecular weight excluding hydrogens is 406 g/mol. The second-order valence-corrected chi connectivity index (χ2v) is 6.92. The lowest BCUT2D eigenvalue weighted by Crippen LogP contribution is -2.14. The molecule has 0 bridgehead atoms. The van der Waals surface area contributed by atoms with Gasteiger partial charge in [0.15, 0.2) is 12.4 Å². The van der Waals surface area contributed by atoms with Crippen molar-refractivity contribution < 1.29 is 28.7 Å². The Balaban J connectivity index is 1.95. The van der Waals surface area contributed by atoms with Crippen LogP contribution in [0.25, 0.3) is 6.08 Å². The smallest absolute Gasteiger partial charge is 0.337 e. The largest absolute Gasteiger partial charge is 0.465 e. The minimum absolute atomic E-state index is 0.244. The van der Waals surface area contributed by atoms with Crippen LogP contribution in [0, 0.1) is 0 Å². The van der Waals surface area contributed by atoms with Gasteiger partial charge < -0.3 is 14.8 Å². The van der Waals surface area contributed by atoms with E-state index in [9.17, 15) is 19.2 Å². The summed E-state index contributed by atoms with van der Waals surface area (Å²) in [5.74, 6) is -1.76. The van der Waals surface area contributed by atoms with Crippen molar-refractivity contribution in [3.8, 4) is 0 Å². The maximum atomic E-state index is 12.3. The van der Waals surface area contributed by atoms with Gasteiger partial charge in [-0.2, -0.15) is 0 Å². The van der Waals surface area contributed by atoms with E-state index < -0.39 is 24.3 Å². The molecule has 0 saturated carbocycles. The van der Waals surface area contributed by atoms with Crippen LogP contribution in [-0.2, 0) is 19.1 Å². The van der Waals surface area contributed by atoms with Crippen molar-refractivity contribution in [1.82, 2.24) is 0 Å². The average Bonchev–Trinajstić information content (AvgIpc) is 2.75. The number of carbonyl (C=O) groups excluding carboxylic acids is 4. The number of methoxy groups -OCH3 is 1. The zero-order valence-electron chi connectivity index (χ0n) is 16.8. The molecule has 0 aliphatic carbocycles. The van der Waals surface area contributed by atoms with E-state index in [1.165, 1.54) is 37.9 Å². The first-order chi connectivity index (χ1) is 14.3. The molecule has 0 unspecified atom stereocenters. The second kappa shape index (κ2) is 11.0.